The van der Waals surface area contributed by atoms with Gasteiger partial charge < -0.3 is 0 Å². The largest absolute Gasteiger partial charge is 0.288 e. The van der Waals surface area contributed by atoms with E-state index in [9.17, 15) is 4.79 Å². The molecule has 0 bridgehead atoms. The first-order valence-electron chi connectivity index (χ1n) is 7.12. The van der Waals surface area contributed by atoms with Crippen LogP contribution in [0.2, 0.25) is 0 Å². The van der Waals surface area contributed by atoms with Crippen LogP contribution in [0.4, 0.5) is 5.95 Å². The van der Waals surface area contributed by atoms with Gasteiger partial charge in [0.15, 0.2) is 5.82 Å². The summed E-state index contributed by atoms with van der Waals surface area (Å²) in [6, 6.07) is 5.95. The Bertz CT molecular complexity index is 786. The number of carbonyl (C=O) groups is 1. The molecule has 2 N–H and O–H groups in total. The van der Waals surface area contributed by atoms with Crippen molar-refractivity contribution >= 4 is 23.2 Å². The molecule has 3 heterocycles. The highest BCUT2D eigenvalue weighted by Crippen LogP contribution is 2.31. The molecule has 0 atom stereocenters. The third-order valence-electron chi connectivity index (χ3n) is 3.79. The van der Waals surface area contributed by atoms with Gasteiger partial charge in [-0.3, -0.25) is 19.9 Å². The van der Waals surface area contributed by atoms with Gasteiger partial charge in [0, 0.05) is 6.20 Å². The van der Waals surface area contributed by atoms with Crippen LogP contribution in [-0.2, 0) is 0 Å². The minimum absolute atomic E-state index is 0.235. The van der Waals surface area contributed by atoms with Crippen LogP contribution < -0.4 is 5.32 Å². The molecule has 0 aliphatic heterocycles. The Hall–Kier alpha value is -2.48. The van der Waals surface area contributed by atoms with Crippen LogP contribution in [0.3, 0.4) is 0 Å². The smallest absolute Gasteiger partial charge is 0.276 e. The maximum absolute atomic E-state index is 12.4. The number of carbonyl (C=O) groups excluding carboxylic acids is 1. The molecule has 1 fully saturated rings. The number of rotatable bonds is 4. The zero-order valence-corrected chi connectivity index (χ0v) is 12.5. The van der Waals surface area contributed by atoms with Crippen LogP contribution in [0.1, 0.15) is 35.8 Å². The van der Waals surface area contributed by atoms with E-state index >= 15 is 0 Å². The van der Waals surface area contributed by atoms with Crippen molar-refractivity contribution in [1.82, 2.24) is 25.0 Å². The van der Waals surface area contributed by atoms with Gasteiger partial charge in [0.2, 0.25) is 5.95 Å². The number of thiophene rings is 1. The molecular weight excluding hydrogens is 300 g/mol. The molecule has 1 aliphatic rings. The Morgan fingerprint density at radius 3 is 3.05 bits per heavy atom. The summed E-state index contributed by atoms with van der Waals surface area (Å²) in [5.41, 5.74) is 0.548. The lowest BCUT2D eigenvalue weighted by atomic mass is 9.93. The SMILES string of the molecule is O=C(Nc1n[nH]c(-c2cccs2)n1)c1ccnn1C1CCC1. The normalized spacial score (nSPS) is 14.7. The number of nitrogens with zero attached hydrogens (tertiary/aromatic N) is 4. The van der Waals surface area contributed by atoms with Crippen molar-refractivity contribution in [3.63, 3.8) is 0 Å². The van der Waals surface area contributed by atoms with Gasteiger partial charge in [-0.25, -0.2) is 0 Å². The highest BCUT2D eigenvalue weighted by molar-refractivity contribution is 7.13. The van der Waals surface area contributed by atoms with Crippen LogP contribution in [-0.4, -0.2) is 30.9 Å². The number of hydrogen-bond donors (Lipinski definition) is 2. The predicted octanol–water partition coefficient (Wildman–Crippen LogP) is 2.71. The van der Waals surface area contributed by atoms with E-state index in [2.05, 4.69) is 25.6 Å². The molecule has 1 amide bonds. The first-order chi connectivity index (χ1) is 10.8. The summed E-state index contributed by atoms with van der Waals surface area (Å²) in [5, 5.41) is 15.8. The molecule has 1 saturated carbocycles. The van der Waals surface area contributed by atoms with E-state index in [-0.39, 0.29) is 11.9 Å². The Labute approximate surface area is 130 Å². The second-order valence-electron chi connectivity index (χ2n) is 5.18. The summed E-state index contributed by atoms with van der Waals surface area (Å²) in [6.45, 7) is 0. The van der Waals surface area contributed by atoms with Crippen LogP contribution in [0, 0.1) is 0 Å². The molecule has 7 nitrogen and oxygen atoms in total. The van der Waals surface area contributed by atoms with Crippen molar-refractivity contribution in [3.05, 3.63) is 35.5 Å². The quantitative estimate of drug-likeness (QED) is 0.775. The third kappa shape index (κ3) is 2.31. The van der Waals surface area contributed by atoms with Gasteiger partial charge in [-0.1, -0.05) is 6.07 Å². The van der Waals surface area contributed by atoms with E-state index in [1.165, 1.54) is 6.42 Å². The van der Waals surface area contributed by atoms with E-state index in [0.29, 0.717) is 17.6 Å². The van der Waals surface area contributed by atoms with Gasteiger partial charge in [-0.05, 0) is 36.8 Å². The average molecular weight is 314 g/mol. The molecule has 0 saturated heterocycles. The summed E-state index contributed by atoms with van der Waals surface area (Å²) in [4.78, 5) is 17.6. The predicted molar refractivity (Wildman–Crippen MR) is 82.8 cm³/mol. The maximum atomic E-state index is 12.4. The fraction of sp³-hybridized carbons (Fsp3) is 0.286. The zero-order valence-electron chi connectivity index (χ0n) is 11.7. The molecule has 0 spiro atoms. The van der Waals surface area contributed by atoms with E-state index in [4.69, 9.17) is 0 Å². The molecule has 8 heteroatoms. The van der Waals surface area contributed by atoms with E-state index in [1.54, 1.807) is 28.3 Å². The summed E-state index contributed by atoms with van der Waals surface area (Å²) in [5.74, 6) is 0.689. The van der Waals surface area contributed by atoms with Crippen molar-refractivity contribution in [2.75, 3.05) is 5.32 Å². The second kappa shape index (κ2) is 5.38. The highest BCUT2D eigenvalue weighted by atomic mass is 32.1. The molecule has 0 unspecified atom stereocenters. The number of aromatic nitrogens is 5. The van der Waals surface area contributed by atoms with Crippen molar-refractivity contribution in [2.45, 2.75) is 25.3 Å². The minimum atomic E-state index is -0.235. The lowest BCUT2D eigenvalue weighted by molar-refractivity contribution is 0.100. The fourth-order valence-corrected chi connectivity index (χ4v) is 3.09. The minimum Gasteiger partial charge on any atom is -0.288 e. The first kappa shape index (κ1) is 13.2. The van der Waals surface area contributed by atoms with Gasteiger partial charge in [0.25, 0.3) is 5.91 Å². The molecule has 3 aromatic heterocycles. The van der Waals surface area contributed by atoms with Crippen molar-refractivity contribution < 1.29 is 4.79 Å². The molecule has 112 valence electrons. The topological polar surface area (TPSA) is 88.5 Å². The number of aromatic amines is 1. The Kier molecular flexibility index (Phi) is 3.23. The van der Waals surface area contributed by atoms with Crippen molar-refractivity contribution in [3.8, 4) is 10.7 Å². The van der Waals surface area contributed by atoms with Gasteiger partial charge in [-0.15, -0.1) is 16.4 Å². The number of hydrogen-bond acceptors (Lipinski definition) is 5. The molecule has 0 radical (unpaired) electrons. The van der Waals surface area contributed by atoms with Crippen molar-refractivity contribution in [1.29, 1.82) is 0 Å². The monoisotopic (exact) mass is 314 g/mol. The van der Waals surface area contributed by atoms with E-state index < -0.39 is 0 Å². The zero-order chi connectivity index (χ0) is 14.9. The molecular formula is C14H14N6OS. The molecule has 1 aliphatic carbocycles. The lowest BCUT2D eigenvalue weighted by Crippen LogP contribution is -2.25. The van der Waals surface area contributed by atoms with Crippen molar-refractivity contribution in [2.24, 2.45) is 0 Å². The van der Waals surface area contributed by atoms with Gasteiger partial charge in [0.05, 0.1) is 10.9 Å². The first-order valence-corrected chi connectivity index (χ1v) is 8.00. The Morgan fingerprint density at radius 1 is 1.41 bits per heavy atom. The van der Waals surface area contributed by atoms with Crippen LogP contribution in [0.15, 0.2) is 29.8 Å². The van der Waals surface area contributed by atoms with E-state index in [1.807, 2.05) is 17.5 Å². The van der Waals surface area contributed by atoms with Gasteiger partial charge in [-0.2, -0.15) is 10.1 Å². The number of amides is 1. The standard InChI is InChI=1S/C14H14N6OS/c21-13(10-6-7-15-20(10)9-3-1-4-9)17-14-16-12(18-19-14)11-5-2-8-22-11/h2,5-9H,1,3-4H2,(H2,16,17,18,19,21). The van der Waals surface area contributed by atoms with Crippen LogP contribution in [0.5, 0.6) is 0 Å². The van der Waals surface area contributed by atoms with Gasteiger partial charge in [0.1, 0.15) is 5.69 Å². The van der Waals surface area contributed by atoms with E-state index in [0.717, 1.165) is 17.7 Å². The number of nitrogens with one attached hydrogen (secondary N) is 2. The average Bonchev–Trinajstić information content (AvgIpc) is 3.17. The Balaban J connectivity index is 1.51. The lowest BCUT2D eigenvalue weighted by Gasteiger charge is -2.26. The van der Waals surface area contributed by atoms with Gasteiger partial charge >= 0.3 is 0 Å². The summed E-state index contributed by atoms with van der Waals surface area (Å²) >= 11 is 1.56. The maximum Gasteiger partial charge on any atom is 0.276 e. The van der Waals surface area contributed by atoms with Crippen LogP contribution in [0.25, 0.3) is 10.7 Å². The summed E-state index contributed by atoms with van der Waals surface area (Å²) in [6.07, 6.45) is 5.00. The molecule has 4 rings (SSSR count). The molecule has 3 aromatic rings. The Morgan fingerprint density at radius 2 is 2.32 bits per heavy atom. The third-order valence-corrected chi connectivity index (χ3v) is 4.67. The van der Waals surface area contributed by atoms with Crippen LogP contribution >= 0.6 is 11.3 Å². The second-order valence-corrected chi connectivity index (χ2v) is 6.13. The fourth-order valence-electron chi connectivity index (χ4n) is 2.42. The highest BCUT2D eigenvalue weighted by Gasteiger charge is 2.25. The number of H-pyrrole nitrogens is 1. The number of anilines is 1. The molecule has 22 heavy (non-hydrogen) atoms. The summed E-state index contributed by atoms with van der Waals surface area (Å²) < 4.78 is 1.80. The molecule has 0 aromatic carbocycles. The summed E-state index contributed by atoms with van der Waals surface area (Å²) in [7, 11) is 0.